The van der Waals surface area contributed by atoms with Gasteiger partial charge in [0.1, 0.15) is 0 Å². The minimum absolute atomic E-state index is 0.307. The van der Waals surface area contributed by atoms with E-state index in [9.17, 15) is 0 Å². The number of benzene rings is 1. The van der Waals surface area contributed by atoms with Gasteiger partial charge in [-0.25, -0.2) is 0 Å². The first-order chi connectivity index (χ1) is 6.68. The highest BCUT2D eigenvalue weighted by atomic mass is 35.5. The summed E-state index contributed by atoms with van der Waals surface area (Å²) >= 11 is 6.19. The topological polar surface area (TPSA) is 12.0 Å². The molecule has 1 aromatic carbocycles. The van der Waals surface area contributed by atoms with Gasteiger partial charge in [-0.15, -0.1) is 0 Å². The fourth-order valence-corrected chi connectivity index (χ4v) is 2.60. The van der Waals surface area contributed by atoms with Crippen LogP contribution in [0.15, 0.2) is 24.3 Å². The van der Waals surface area contributed by atoms with Crippen LogP contribution in [0.5, 0.6) is 0 Å². The maximum atomic E-state index is 6.19. The smallest absolute Gasteiger partial charge is 0.0443 e. The summed E-state index contributed by atoms with van der Waals surface area (Å²) in [7, 11) is 2.01. The molecule has 1 N–H and O–H groups in total. The van der Waals surface area contributed by atoms with Crippen molar-refractivity contribution in [3.05, 3.63) is 34.9 Å². The molecule has 2 atom stereocenters. The van der Waals surface area contributed by atoms with Crippen LogP contribution in [-0.2, 0) is 5.41 Å². The zero-order chi connectivity index (χ0) is 10.2. The predicted molar refractivity (Wildman–Crippen MR) is 60.8 cm³/mol. The zero-order valence-corrected chi connectivity index (χ0v) is 9.43. The Balaban J connectivity index is 2.21. The van der Waals surface area contributed by atoms with E-state index in [1.807, 2.05) is 19.2 Å². The van der Waals surface area contributed by atoms with E-state index in [1.165, 1.54) is 12.0 Å². The first kappa shape index (κ1) is 10.0. The Hall–Kier alpha value is -0.530. The van der Waals surface area contributed by atoms with E-state index in [2.05, 4.69) is 24.4 Å². The molecule has 2 heteroatoms. The summed E-state index contributed by atoms with van der Waals surface area (Å²) < 4.78 is 0. The molecule has 1 aliphatic rings. The standard InChI is InChI=1S/C12H16ClN/c1-12(7-9(12)8-14-2)10-5-3-4-6-11(10)13/h3-6,9,14H,7-8H2,1-2H3/t9-,12+/m0/s1. The Bertz CT molecular complexity index is 337. The molecule has 1 fully saturated rings. The molecule has 0 heterocycles. The average molecular weight is 210 g/mol. The van der Waals surface area contributed by atoms with Crippen molar-refractivity contribution in [3.63, 3.8) is 0 Å². The second kappa shape index (κ2) is 3.56. The van der Waals surface area contributed by atoms with Gasteiger partial charge in [0.15, 0.2) is 0 Å². The van der Waals surface area contributed by atoms with Crippen LogP contribution in [0.25, 0.3) is 0 Å². The lowest BCUT2D eigenvalue weighted by Crippen LogP contribution is -2.16. The lowest BCUT2D eigenvalue weighted by molar-refractivity contribution is 0.617. The van der Waals surface area contributed by atoms with Crippen molar-refractivity contribution in [2.75, 3.05) is 13.6 Å². The lowest BCUT2D eigenvalue weighted by Gasteiger charge is -2.13. The molecule has 2 rings (SSSR count). The Labute approximate surface area is 90.5 Å². The molecule has 0 aromatic heterocycles. The van der Waals surface area contributed by atoms with Crippen molar-refractivity contribution in [1.29, 1.82) is 0 Å². The van der Waals surface area contributed by atoms with Gasteiger partial charge in [-0.3, -0.25) is 0 Å². The van der Waals surface area contributed by atoms with Gasteiger partial charge >= 0.3 is 0 Å². The van der Waals surface area contributed by atoms with Crippen LogP contribution >= 0.6 is 11.6 Å². The zero-order valence-electron chi connectivity index (χ0n) is 8.68. The highest BCUT2D eigenvalue weighted by Gasteiger charge is 2.51. The van der Waals surface area contributed by atoms with Gasteiger partial charge in [0.2, 0.25) is 0 Å². The summed E-state index contributed by atoms with van der Waals surface area (Å²) in [6.45, 7) is 3.39. The summed E-state index contributed by atoms with van der Waals surface area (Å²) in [5, 5.41) is 4.14. The Morgan fingerprint density at radius 1 is 1.50 bits per heavy atom. The normalized spacial score (nSPS) is 30.4. The third-order valence-electron chi connectivity index (χ3n) is 3.35. The molecule has 76 valence electrons. The summed E-state index contributed by atoms with van der Waals surface area (Å²) in [5.41, 5.74) is 1.61. The van der Waals surface area contributed by atoms with E-state index in [1.54, 1.807) is 0 Å². The monoisotopic (exact) mass is 209 g/mol. The first-order valence-electron chi connectivity index (χ1n) is 5.08. The number of halogens is 1. The number of hydrogen-bond acceptors (Lipinski definition) is 1. The Kier molecular flexibility index (Phi) is 2.54. The van der Waals surface area contributed by atoms with Gasteiger partial charge in [-0.05, 0) is 43.0 Å². The van der Waals surface area contributed by atoms with Crippen molar-refractivity contribution in [2.45, 2.75) is 18.8 Å². The molecular formula is C12H16ClN. The number of rotatable bonds is 3. The van der Waals surface area contributed by atoms with E-state index in [4.69, 9.17) is 11.6 Å². The molecule has 1 aromatic rings. The second-order valence-corrected chi connectivity index (χ2v) is 4.76. The SMILES string of the molecule is CNC[C@@H]1C[C@@]1(C)c1ccccc1Cl. The maximum Gasteiger partial charge on any atom is 0.0443 e. The highest BCUT2D eigenvalue weighted by Crippen LogP contribution is 2.55. The molecule has 1 nitrogen and oxygen atoms in total. The molecule has 14 heavy (non-hydrogen) atoms. The third-order valence-corrected chi connectivity index (χ3v) is 3.68. The molecule has 0 bridgehead atoms. The van der Waals surface area contributed by atoms with Gasteiger partial charge in [-0.2, -0.15) is 0 Å². The average Bonchev–Trinajstić information content (AvgIpc) is 2.79. The van der Waals surface area contributed by atoms with E-state index in [0.29, 0.717) is 5.41 Å². The van der Waals surface area contributed by atoms with Gasteiger partial charge in [0, 0.05) is 5.02 Å². The van der Waals surface area contributed by atoms with E-state index >= 15 is 0 Å². The second-order valence-electron chi connectivity index (χ2n) is 4.36. The van der Waals surface area contributed by atoms with Crippen molar-refractivity contribution in [2.24, 2.45) is 5.92 Å². The van der Waals surface area contributed by atoms with Crippen LogP contribution in [-0.4, -0.2) is 13.6 Å². The van der Waals surface area contributed by atoms with Gasteiger partial charge in [0.05, 0.1) is 0 Å². The van der Waals surface area contributed by atoms with Crippen molar-refractivity contribution < 1.29 is 0 Å². The molecule has 1 aliphatic carbocycles. The van der Waals surface area contributed by atoms with Crippen LogP contribution in [0.2, 0.25) is 5.02 Å². The van der Waals surface area contributed by atoms with Gasteiger partial charge in [-0.1, -0.05) is 36.7 Å². The quantitative estimate of drug-likeness (QED) is 0.808. The fourth-order valence-electron chi connectivity index (χ4n) is 2.25. The van der Waals surface area contributed by atoms with Crippen LogP contribution in [0, 0.1) is 5.92 Å². The van der Waals surface area contributed by atoms with E-state index in [0.717, 1.165) is 17.5 Å². The molecule has 1 saturated carbocycles. The Morgan fingerprint density at radius 2 is 2.21 bits per heavy atom. The van der Waals surface area contributed by atoms with Crippen LogP contribution in [0.3, 0.4) is 0 Å². The number of nitrogens with one attached hydrogen (secondary N) is 1. The highest BCUT2D eigenvalue weighted by molar-refractivity contribution is 6.31. The molecule has 0 saturated heterocycles. The van der Waals surface area contributed by atoms with Crippen molar-refractivity contribution in [3.8, 4) is 0 Å². The first-order valence-corrected chi connectivity index (χ1v) is 5.46. The van der Waals surface area contributed by atoms with Crippen molar-refractivity contribution in [1.82, 2.24) is 5.32 Å². The minimum atomic E-state index is 0.307. The van der Waals surface area contributed by atoms with E-state index in [-0.39, 0.29) is 0 Å². The summed E-state index contributed by atoms with van der Waals surface area (Å²) in [6, 6.07) is 8.20. The Morgan fingerprint density at radius 3 is 2.86 bits per heavy atom. The third kappa shape index (κ3) is 1.55. The van der Waals surface area contributed by atoms with Gasteiger partial charge in [0.25, 0.3) is 0 Å². The lowest BCUT2D eigenvalue weighted by atomic mass is 9.95. The molecule has 0 spiro atoms. The number of hydrogen-bond donors (Lipinski definition) is 1. The minimum Gasteiger partial charge on any atom is -0.319 e. The van der Waals surface area contributed by atoms with Crippen LogP contribution in [0.1, 0.15) is 18.9 Å². The largest absolute Gasteiger partial charge is 0.319 e. The van der Waals surface area contributed by atoms with E-state index < -0.39 is 0 Å². The maximum absolute atomic E-state index is 6.19. The van der Waals surface area contributed by atoms with Crippen molar-refractivity contribution >= 4 is 11.6 Å². The predicted octanol–water partition coefficient (Wildman–Crippen LogP) is 2.84. The fraction of sp³-hybridized carbons (Fsp3) is 0.500. The summed E-state index contributed by atoms with van der Waals surface area (Å²) in [6.07, 6.45) is 1.25. The molecule has 0 amide bonds. The van der Waals surface area contributed by atoms with Gasteiger partial charge < -0.3 is 5.32 Å². The van der Waals surface area contributed by atoms with Crippen LogP contribution in [0.4, 0.5) is 0 Å². The molecule has 0 aliphatic heterocycles. The molecular weight excluding hydrogens is 194 g/mol. The summed E-state index contributed by atoms with van der Waals surface area (Å²) in [5.74, 6) is 0.743. The summed E-state index contributed by atoms with van der Waals surface area (Å²) in [4.78, 5) is 0. The molecule has 0 unspecified atom stereocenters. The van der Waals surface area contributed by atoms with Crippen LogP contribution < -0.4 is 5.32 Å². The molecule has 0 radical (unpaired) electrons.